The molecular formula is C23H31N3O3S. The maximum Gasteiger partial charge on any atom is 0.254 e. The summed E-state index contributed by atoms with van der Waals surface area (Å²) >= 11 is 1.53. The van der Waals surface area contributed by atoms with Gasteiger partial charge in [0.05, 0.1) is 17.1 Å². The summed E-state index contributed by atoms with van der Waals surface area (Å²) < 4.78 is 5.77. The summed E-state index contributed by atoms with van der Waals surface area (Å²) in [6, 6.07) is 7.24. The van der Waals surface area contributed by atoms with Gasteiger partial charge >= 0.3 is 0 Å². The van der Waals surface area contributed by atoms with Gasteiger partial charge in [-0.15, -0.1) is 11.3 Å². The minimum atomic E-state index is -0.127. The predicted octanol–water partition coefficient (Wildman–Crippen LogP) is 4.27. The van der Waals surface area contributed by atoms with Crippen LogP contribution < -0.4 is 10.1 Å². The largest absolute Gasteiger partial charge is 0.487 e. The predicted molar refractivity (Wildman–Crippen MR) is 119 cm³/mol. The first kappa shape index (κ1) is 22.3. The summed E-state index contributed by atoms with van der Waals surface area (Å²) in [6.07, 6.45) is 6.23. The lowest BCUT2D eigenvalue weighted by Crippen LogP contribution is -2.45. The number of thiazole rings is 1. The summed E-state index contributed by atoms with van der Waals surface area (Å²) in [5.41, 5.74) is 3.23. The zero-order valence-electron chi connectivity index (χ0n) is 17.6. The highest BCUT2D eigenvalue weighted by molar-refractivity contribution is 7.07. The lowest BCUT2D eigenvalue weighted by Gasteiger charge is -2.32. The molecule has 1 aromatic carbocycles. The molecule has 1 aliphatic heterocycles. The standard InChI is InChI=1S/C23H31N3O3S/c1-2-3-4-5-11-24-22(27)19-9-7-12-26(14-19)23(28)18-8-6-10-21(13-18)29-15-20-16-30-17-25-20/h6,8,10,13,16-17,19H,2-5,7,9,11-12,14-15H2,1H3,(H,24,27). The van der Waals surface area contributed by atoms with Crippen LogP contribution in [0.1, 0.15) is 61.5 Å². The fourth-order valence-electron chi connectivity index (χ4n) is 3.65. The fraction of sp³-hybridized carbons (Fsp3) is 0.522. The topological polar surface area (TPSA) is 71.5 Å². The van der Waals surface area contributed by atoms with E-state index in [4.69, 9.17) is 4.74 Å². The van der Waals surface area contributed by atoms with Gasteiger partial charge in [0.1, 0.15) is 12.4 Å². The number of carbonyl (C=O) groups excluding carboxylic acids is 2. The van der Waals surface area contributed by atoms with Crippen LogP contribution in [0, 0.1) is 5.92 Å². The van der Waals surface area contributed by atoms with Crippen LogP contribution in [0.25, 0.3) is 0 Å². The Hall–Kier alpha value is -2.41. The van der Waals surface area contributed by atoms with Crippen molar-refractivity contribution in [2.45, 2.75) is 52.1 Å². The van der Waals surface area contributed by atoms with Gasteiger partial charge in [-0.05, 0) is 37.5 Å². The molecule has 162 valence electrons. The molecule has 1 saturated heterocycles. The van der Waals surface area contributed by atoms with Gasteiger partial charge in [0.15, 0.2) is 0 Å². The number of likely N-dealkylation sites (tertiary alicyclic amines) is 1. The van der Waals surface area contributed by atoms with Crippen LogP contribution in [-0.4, -0.2) is 41.3 Å². The van der Waals surface area contributed by atoms with Crippen LogP contribution in [0.5, 0.6) is 5.75 Å². The number of nitrogens with zero attached hydrogens (tertiary/aromatic N) is 2. The number of nitrogens with one attached hydrogen (secondary N) is 1. The molecule has 1 aromatic heterocycles. The van der Waals surface area contributed by atoms with Crippen LogP contribution in [-0.2, 0) is 11.4 Å². The third-order valence-corrected chi connectivity index (χ3v) is 6.00. The van der Waals surface area contributed by atoms with Gasteiger partial charge in [0.25, 0.3) is 5.91 Å². The van der Waals surface area contributed by atoms with Crippen molar-refractivity contribution in [1.29, 1.82) is 0 Å². The van der Waals surface area contributed by atoms with Crippen LogP contribution in [0.2, 0.25) is 0 Å². The Balaban J connectivity index is 1.51. The van der Waals surface area contributed by atoms with Gasteiger partial charge in [0.2, 0.25) is 5.91 Å². The Kier molecular flexibility index (Phi) is 8.68. The molecule has 2 heterocycles. The third-order valence-electron chi connectivity index (χ3n) is 5.36. The smallest absolute Gasteiger partial charge is 0.254 e. The monoisotopic (exact) mass is 429 g/mol. The van der Waals surface area contributed by atoms with E-state index >= 15 is 0 Å². The molecule has 1 N–H and O–H groups in total. The average Bonchev–Trinajstić information content (AvgIpc) is 3.31. The first-order valence-corrected chi connectivity index (χ1v) is 11.8. The van der Waals surface area contributed by atoms with Crippen molar-refractivity contribution < 1.29 is 14.3 Å². The SMILES string of the molecule is CCCCCCNC(=O)C1CCCN(C(=O)c2cccc(OCc3cscn3)c2)C1. The lowest BCUT2D eigenvalue weighted by atomic mass is 9.96. The van der Waals surface area contributed by atoms with E-state index in [1.807, 2.05) is 17.5 Å². The first-order chi connectivity index (χ1) is 14.7. The fourth-order valence-corrected chi connectivity index (χ4v) is 4.19. The van der Waals surface area contributed by atoms with Crippen molar-refractivity contribution >= 4 is 23.2 Å². The quantitative estimate of drug-likeness (QED) is 0.573. The van der Waals surface area contributed by atoms with E-state index in [9.17, 15) is 9.59 Å². The number of unbranched alkanes of at least 4 members (excludes halogenated alkanes) is 3. The Morgan fingerprint density at radius 2 is 2.20 bits per heavy atom. The molecule has 0 aliphatic carbocycles. The highest BCUT2D eigenvalue weighted by Crippen LogP contribution is 2.21. The molecule has 3 rings (SSSR count). The second-order valence-electron chi connectivity index (χ2n) is 7.74. The molecule has 1 aliphatic rings. The number of piperidine rings is 1. The highest BCUT2D eigenvalue weighted by atomic mass is 32.1. The Bertz CT molecular complexity index is 810. The molecule has 0 spiro atoms. The van der Waals surface area contributed by atoms with Crippen molar-refractivity contribution in [2.75, 3.05) is 19.6 Å². The number of ether oxygens (including phenoxy) is 1. The maximum atomic E-state index is 13.0. The van der Waals surface area contributed by atoms with E-state index in [1.54, 1.807) is 22.5 Å². The van der Waals surface area contributed by atoms with Gasteiger partial charge in [-0.2, -0.15) is 0 Å². The lowest BCUT2D eigenvalue weighted by molar-refractivity contribution is -0.126. The molecule has 7 heteroatoms. The van der Waals surface area contributed by atoms with Crippen LogP contribution in [0.3, 0.4) is 0 Å². The normalized spacial score (nSPS) is 16.3. The molecule has 30 heavy (non-hydrogen) atoms. The second-order valence-corrected chi connectivity index (χ2v) is 8.46. The van der Waals surface area contributed by atoms with Gasteiger partial charge in [-0.1, -0.05) is 32.3 Å². The summed E-state index contributed by atoms with van der Waals surface area (Å²) in [5, 5.41) is 4.99. The molecule has 0 bridgehead atoms. The number of amides is 2. The Morgan fingerprint density at radius 1 is 1.30 bits per heavy atom. The van der Waals surface area contributed by atoms with Crippen molar-refractivity contribution in [3.8, 4) is 5.75 Å². The minimum Gasteiger partial charge on any atom is -0.487 e. The van der Waals surface area contributed by atoms with Crippen molar-refractivity contribution in [2.24, 2.45) is 5.92 Å². The van der Waals surface area contributed by atoms with Gasteiger partial charge in [-0.3, -0.25) is 9.59 Å². The molecule has 0 saturated carbocycles. The number of aromatic nitrogens is 1. The molecule has 1 fully saturated rings. The molecule has 1 unspecified atom stereocenters. The maximum absolute atomic E-state index is 13.0. The first-order valence-electron chi connectivity index (χ1n) is 10.8. The zero-order chi connectivity index (χ0) is 21.2. The molecular weight excluding hydrogens is 398 g/mol. The average molecular weight is 430 g/mol. The van der Waals surface area contributed by atoms with Crippen molar-refractivity contribution in [3.63, 3.8) is 0 Å². The molecule has 6 nitrogen and oxygen atoms in total. The number of carbonyl (C=O) groups is 2. The van der Waals surface area contributed by atoms with Gasteiger partial charge in [-0.25, -0.2) is 4.98 Å². The molecule has 1 atom stereocenters. The molecule has 2 aromatic rings. The van der Waals surface area contributed by atoms with E-state index in [0.717, 1.165) is 37.9 Å². The summed E-state index contributed by atoms with van der Waals surface area (Å²) in [5.74, 6) is 0.545. The van der Waals surface area contributed by atoms with E-state index < -0.39 is 0 Å². The van der Waals surface area contributed by atoms with Crippen LogP contribution in [0.4, 0.5) is 0 Å². The zero-order valence-corrected chi connectivity index (χ0v) is 18.5. The van der Waals surface area contributed by atoms with Crippen LogP contribution in [0.15, 0.2) is 35.2 Å². The van der Waals surface area contributed by atoms with Crippen LogP contribution >= 0.6 is 11.3 Å². The van der Waals surface area contributed by atoms with E-state index in [-0.39, 0.29) is 17.7 Å². The van der Waals surface area contributed by atoms with E-state index in [2.05, 4.69) is 17.2 Å². The van der Waals surface area contributed by atoms with Crippen molar-refractivity contribution in [1.82, 2.24) is 15.2 Å². The van der Waals surface area contributed by atoms with Gasteiger partial charge in [0, 0.05) is 30.6 Å². The second kappa shape index (κ2) is 11.7. The Labute approximate surface area is 182 Å². The number of rotatable bonds is 10. The minimum absolute atomic E-state index is 0.0467. The summed E-state index contributed by atoms with van der Waals surface area (Å²) in [6.45, 7) is 4.44. The number of hydrogen-bond acceptors (Lipinski definition) is 5. The molecule has 0 radical (unpaired) electrons. The highest BCUT2D eigenvalue weighted by Gasteiger charge is 2.28. The van der Waals surface area contributed by atoms with E-state index in [1.165, 1.54) is 24.2 Å². The van der Waals surface area contributed by atoms with E-state index in [0.29, 0.717) is 31.0 Å². The van der Waals surface area contributed by atoms with Crippen molar-refractivity contribution in [3.05, 3.63) is 46.4 Å². The molecule has 2 amide bonds. The summed E-state index contributed by atoms with van der Waals surface area (Å²) in [4.78, 5) is 31.5. The van der Waals surface area contributed by atoms with Gasteiger partial charge < -0.3 is 15.0 Å². The number of benzene rings is 1. The third kappa shape index (κ3) is 6.55. The number of hydrogen-bond donors (Lipinski definition) is 1. The summed E-state index contributed by atoms with van der Waals surface area (Å²) in [7, 11) is 0. The Morgan fingerprint density at radius 3 is 3.00 bits per heavy atom.